The molecule has 1 N–H and O–H groups in total. The fraction of sp³-hybridized carbons (Fsp3) is 0.318. The number of nitrogens with zero attached hydrogens (tertiary/aromatic N) is 2. The molecule has 27 heavy (non-hydrogen) atoms. The molecule has 0 radical (unpaired) electrons. The molecule has 0 bridgehead atoms. The van der Waals surface area contributed by atoms with Gasteiger partial charge in [0.15, 0.2) is 0 Å². The zero-order valence-corrected chi connectivity index (χ0v) is 15.8. The fourth-order valence-electron chi connectivity index (χ4n) is 3.20. The van der Waals surface area contributed by atoms with Crippen molar-refractivity contribution in [2.45, 2.75) is 45.7 Å². The van der Waals surface area contributed by atoms with Crippen LogP contribution in [0.3, 0.4) is 0 Å². The highest BCUT2D eigenvalue weighted by Gasteiger charge is 2.11. The molecular formula is C22H25N3O2. The Morgan fingerprint density at radius 1 is 1.11 bits per heavy atom. The van der Waals surface area contributed by atoms with E-state index in [1.807, 2.05) is 49.4 Å². The van der Waals surface area contributed by atoms with E-state index in [2.05, 4.69) is 22.4 Å². The molecule has 5 nitrogen and oxygen atoms in total. The summed E-state index contributed by atoms with van der Waals surface area (Å²) in [5, 5.41) is 3.03. The first-order valence-corrected chi connectivity index (χ1v) is 9.34. The maximum absolute atomic E-state index is 12.4. The summed E-state index contributed by atoms with van der Waals surface area (Å²) in [5.41, 5.74) is 3.11. The van der Waals surface area contributed by atoms with Gasteiger partial charge in [0.2, 0.25) is 5.91 Å². The van der Waals surface area contributed by atoms with E-state index in [0.717, 1.165) is 23.9 Å². The lowest BCUT2D eigenvalue weighted by molar-refractivity contribution is -0.121. The minimum Gasteiger partial charge on any atom is -0.354 e. The number of hydrogen-bond acceptors (Lipinski definition) is 3. The number of rotatable bonds is 7. The molecule has 0 aliphatic carbocycles. The molecule has 0 saturated carbocycles. The maximum Gasteiger partial charge on any atom is 0.272 e. The van der Waals surface area contributed by atoms with Gasteiger partial charge in [-0.15, -0.1) is 0 Å². The summed E-state index contributed by atoms with van der Waals surface area (Å²) >= 11 is 0. The van der Waals surface area contributed by atoms with Gasteiger partial charge in [0.05, 0.1) is 11.0 Å². The SMILES string of the molecule is Cc1nc2ccccc2n(CCC(=O)NC(C)CCc2ccccc2)c1=O. The zero-order chi connectivity index (χ0) is 19.2. The van der Waals surface area contributed by atoms with E-state index in [1.54, 1.807) is 11.5 Å². The van der Waals surface area contributed by atoms with Gasteiger partial charge in [-0.2, -0.15) is 0 Å². The second-order valence-corrected chi connectivity index (χ2v) is 6.89. The molecule has 2 aromatic carbocycles. The van der Waals surface area contributed by atoms with Gasteiger partial charge in [-0.3, -0.25) is 9.59 Å². The van der Waals surface area contributed by atoms with Crippen molar-refractivity contribution in [1.29, 1.82) is 0 Å². The van der Waals surface area contributed by atoms with Gasteiger partial charge >= 0.3 is 0 Å². The topological polar surface area (TPSA) is 64.0 Å². The van der Waals surface area contributed by atoms with Gasteiger partial charge in [0, 0.05) is 19.0 Å². The number of benzene rings is 2. The predicted molar refractivity (Wildman–Crippen MR) is 108 cm³/mol. The third-order valence-corrected chi connectivity index (χ3v) is 4.69. The van der Waals surface area contributed by atoms with Crippen LogP contribution in [-0.2, 0) is 17.8 Å². The van der Waals surface area contributed by atoms with Crippen molar-refractivity contribution in [2.75, 3.05) is 0 Å². The molecule has 0 aliphatic heterocycles. The third-order valence-electron chi connectivity index (χ3n) is 4.69. The van der Waals surface area contributed by atoms with Crippen LogP contribution >= 0.6 is 0 Å². The number of para-hydroxylation sites is 2. The van der Waals surface area contributed by atoms with Gasteiger partial charge in [0.25, 0.3) is 5.56 Å². The van der Waals surface area contributed by atoms with Gasteiger partial charge < -0.3 is 9.88 Å². The Labute approximate surface area is 159 Å². The first-order chi connectivity index (χ1) is 13.0. The van der Waals surface area contributed by atoms with Crippen LogP contribution < -0.4 is 10.9 Å². The first-order valence-electron chi connectivity index (χ1n) is 9.34. The van der Waals surface area contributed by atoms with Crippen LogP contribution in [0.15, 0.2) is 59.4 Å². The largest absolute Gasteiger partial charge is 0.354 e. The van der Waals surface area contributed by atoms with E-state index in [4.69, 9.17) is 0 Å². The Morgan fingerprint density at radius 2 is 1.81 bits per heavy atom. The van der Waals surface area contributed by atoms with Crippen LogP contribution in [0.4, 0.5) is 0 Å². The predicted octanol–water partition coefficient (Wildman–Crippen LogP) is 3.23. The second kappa shape index (κ2) is 8.62. The number of hydrogen-bond donors (Lipinski definition) is 1. The van der Waals surface area contributed by atoms with Gasteiger partial charge in [-0.05, 0) is 44.4 Å². The van der Waals surface area contributed by atoms with Gasteiger partial charge in [-0.25, -0.2) is 4.98 Å². The molecule has 1 unspecified atom stereocenters. The summed E-state index contributed by atoms with van der Waals surface area (Å²) in [6, 6.07) is 17.8. The third kappa shape index (κ3) is 4.82. The lowest BCUT2D eigenvalue weighted by Gasteiger charge is -2.15. The maximum atomic E-state index is 12.4. The molecule has 1 atom stereocenters. The summed E-state index contributed by atoms with van der Waals surface area (Å²) < 4.78 is 1.64. The first kappa shape index (κ1) is 18.8. The van der Waals surface area contributed by atoms with E-state index in [0.29, 0.717) is 12.2 Å². The molecule has 140 valence electrons. The van der Waals surface area contributed by atoms with E-state index >= 15 is 0 Å². The van der Waals surface area contributed by atoms with Crippen LogP contribution in [0.1, 0.15) is 31.0 Å². The highest BCUT2D eigenvalue weighted by molar-refractivity contribution is 5.77. The normalized spacial score (nSPS) is 12.1. The molecule has 5 heteroatoms. The van der Waals surface area contributed by atoms with E-state index in [-0.39, 0.29) is 23.9 Å². The van der Waals surface area contributed by atoms with E-state index in [1.165, 1.54) is 5.56 Å². The fourth-order valence-corrected chi connectivity index (χ4v) is 3.20. The molecule has 0 saturated heterocycles. The number of carbonyl (C=O) groups is 1. The summed E-state index contributed by atoms with van der Waals surface area (Å²) in [6.45, 7) is 4.07. The molecule has 3 rings (SSSR count). The van der Waals surface area contributed by atoms with Crippen molar-refractivity contribution in [1.82, 2.24) is 14.9 Å². The highest BCUT2D eigenvalue weighted by atomic mass is 16.2. The van der Waals surface area contributed by atoms with Crippen LogP contribution in [0.2, 0.25) is 0 Å². The number of nitrogens with one attached hydrogen (secondary N) is 1. The van der Waals surface area contributed by atoms with Crippen molar-refractivity contribution in [3.05, 3.63) is 76.2 Å². The van der Waals surface area contributed by atoms with Gasteiger partial charge in [-0.1, -0.05) is 42.5 Å². The lowest BCUT2D eigenvalue weighted by atomic mass is 10.1. The molecule has 1 amide bonds. The van der Waals surface area contributed by atoms with E-state index in [9.17, 15) is 9.59 Å². The zero-order valence-electron chi connectivity index (χ0n) is 15.8. The Balaban J connectivity index is 1.58. The second-order valence-electron chi connectivity index (χ2n) is 6.89. The van der Waals surface area contributed by atoms with Crippen LogP contribution in [0.25, 0.3) is 11.0 Å². The standard InChI is InChI=1S/C22H25N3O2/c1-16(12-13-18-8-4-3-5-9-18)23-21(26)14-15-25-20-11-7-6-10-19(20)24-17(2)22(25)27/h3-11,16H,12-15H2,1-2H3,(H,23,26). The molecular weight excluding hydrogens is 338 g/mol. The Bertz CT molecular complexity index is 980. The Hall–Kier alpha value is -2.95. The average molecular weight is 363 g/mol. The number of aromatic nitrogens is 2. The number of fused-ring (bicyclic) bond motifs is 1. The summed E-state index contributed by atoms with van der Waals surface area (Å²) in [6.07, 6.45) is 2.08. The number of aryl methyl sites for hydroxylation is 3. The number of carbonyl (C=O) groups excluding carboxylic acids is 1. The highest BCUT2D eigenvalue weighted by Crippen LogP contribution is 2.10. The summed E-state index contributed by atoms with van der Waals surface area (Å²) in [4.78, 5) is 29.1. The van der Waals surface area contributed by atoms with Crippen LogP contribution in [0, 0.1) is 6.92 Å². The van der Waals surface area contributed by atoms with Crippen molar-refractivity contribution in [2.24, 2.45) is 0 Å². The minimum absolute atomic E-state index is 0.0407. The summed E-state index contributed by atoms with van der Waals surface area (Å²) in [5.74, 6) is -0.0407. The minimum atomic E-state index is -0.140. The molecule has 3 aromatic rings. The average Bonchev–Trinajstić information content (AvgIpc) is 2.67. The quantitative estimate of drug-likeness (QED) is 0.701. The molecule has 0 fully saturated rings. The Morgan fingerprint density at radius 3 is 2.59 bits per heavy atom. The monoisotopic (exact) mass is 363 g/mol. The van der Waals surface area contributed by atoms with Crippen LogP contribution in [0.5, 0.6) is 0 Å². The smallest absolute Gasteiger partial charge is 0.272 e. The van der Waals surface area contributed by atoms with Crippen molar-refractivity contribution in [3.8, 4) is 0 Å². The molecule has 0 aliphatic rings. The van der Waals surface area contributed by atoms with Crippen molar-refractivity contribution in [3.63, 3.8) is 0 Å². The van der Waals surface area contributed by atoms with Crippen molar-refractivity contribution >= 4 is 16.9 Å². The molecule has 1 aromatic heterocycles. The lowest BCUT2D eigenvalue weighted by Crippen LogP contribution is -2.34. The molecule has 1 heterocycles. The van der Waals surface area contributed by atoms with E-state index < -0.39 is 0 Å². The van der Waals surface area contributed by atoms with Gasteiger partial charge in [0.1, 0.15) is 5.69 Å². The Kier molecular flexibility index (Phi) is 6.01. The summed E-state index contributed by atoms with van der Waals surface area (Å²) in [7, 11) is 0. The van der Waals surface area contributed by atoms with Crippen LogP contribution in [-0.4, -0.2) is 21.5 Å². The number of amides is 1. The molecule has 0 spiro atoms. The van der Waals surface area contributed by atoms with Crippen molar-refractivity contribution < 1.29 is 4.79 Å².